The van der Waals surface area contributed by atoms with Gasteiger partial charge in [0.25, 0.3) is 0 Å². The van der Waals surface area contributed by atoms with Crippen LogP contribution in [-0.4, -0.2) is 35.9 Å². The van der Waals surface area contributed by atoms with Crippen molar-refractivity contribution in [2.75, 3.05) is 30.1 Å². The minimum atomic E-state index is 0.391. The van der Waals surface area contributed by atoms with Crippen LogP contribution in [-0.2, 0) is 6.42 Å². The number of hydrogen-bond acceptors (Lipinski definition) is 6. The molecule has 0 fully saturated rings. The van der Waals surface area contributed by atoms with Crippen molar-refractivity contribution >= 4 is 34.7 Å². The first-order chi connectivity index (χ1) is 10.1. The first kappa shape index (κ1) is 16.1. The SMILES string of the molecule is CCNc1cc(N(C)C(C)Cc2cccs2)nc(SC)n1. The van der Waals surface area contributed by atoms with E-state index in [4.69, 9.17) is 0 Å². The summed E-state index contributed by atoms with van der Waals surface area (Å²) in [5.41, 5.74) is 0. The number of rotatable bonds is 7. The molecule has 0 radical (unpaired) electrons. The summed E-state index contributed by atoms with van der Waals surface area (Å²) in [4.78, 5) is 12.7. The number of likely N-dealkylation sites (N-methyl/N-ethyl adjacent to an activating group) is 1. The lowest BCUT2D eigenvalue weighted by Crippen LogP contribution is -2.31. The fraction of sp³-hybridized carbons (Fsp3) is 0.467. The minimum absolute atomic E-state index is 0.391. The van der Waals surface area contributed by atoms with Crippen molar-refractivity contribution in [2.45, 2.75) is 31.5 Å². The molecule has 0 aliphatic carbocycles. The van der Waals surface area contributed by atoms with Crippen molar-refractivity contribution < 1.29 is 0 Å². The van der Waals surface area contributed by atoms with Crippen LogP contribution in [0.1, 0.15) is 18.7 Å². The van der Waals surface area contributed by atoms with Gasteiger partial charge in [-0.25, -0.2) is 9.97 Å². The molecule has 0 amide bonds. The number of thioether (sulfide) groups is 1. The standard InChI is InChI=1S/C15H22N4S2/c1-5-16-13-10-14(18-15(17-13)20-4)19(3)11(2)9-12-7-6-8-21-12/h6-8,10-11H,5,9H2,1-4H3,(H,16,17,18). The summed E-state index contributed by atoms with van der Waals surface area (Å²) in [5, 5.41) is 6.20. The smallest absolute Gasteiger partial charge is 0.191 e. The maximum absolute atomic E-state index is 4.63. The van der Waals surface area contributed by atoms with Crippen molar-refractivity contribution in [1.82, 2.24) is 9.97 Å². The predicted octanol–water partition coefficient (Wildman–Crippen LogP) is 3.76. The Kier molecular flexibility index (Phi) is 5.87. The predicted molar refractivity (Wildman–Crippen MR) is 93.9 cm³/mol. The van der Waals surface area contributed by atoms with Gasteiger partial charge in [0, 0.05) is 37.0 Å². The van der Waals surface area contributed by atoms with Crippen LogP contribution in [0.4, 0.5) is 11.6 Å². The van der Waals surface area contributed by atoms with Crippen LogP contribution in [0.3, 0.4) is 0 Å². The van der Waals surface area contributed by atoms with Gasteiger partial charge in [0.1, 0.15) is 11.6 Å². The quantitative estimate of drug-likeness (QED) is 0.621. The molecular weight excluding hydrogens is 300 g/mol. The van der Waals surface area contributed by atoms with Gasteiger partial charge >= 0.3 is 0 Å². The zero-order valence-electron chi connectivity index (χ0n) is 13.0. The second-order valence-corrected chi connectivity index (χ2v) is 6.68. The van der Waals surface area contributed by atoms with Gasteiger partial charge in [-0.15, -0.1) is 11.3 Å². The van der Waals surface area contributed by atoms with E-state index in [1.165, 1.54) is 4.88 Å². The van der Waals surface area contributed by atoms with Gasteiger partial charge in [0.05, 0.1) is 0 Å². The van der Waals surface area contributed by atoms with Crippen LogP contribution in [0.2, 0.25) is 0 Å². The molecule has 0 saturated carbocycles. The van der Waals surface area contributed by atoms with Crippen LogP contribution < -0.4 is 10.2 Å². The number of nitrogens with one attached hydrogen (secondary N) is 1. The molecule has 0 aliphatic rings. The normalized spacial score (nSPS) is 12.2. The first-order valence-electron chi connectivity index (χ1n) is 7.06. The third-order valence-electron chi connectivity index (χ3n) is 3.33. The summed E-state index contributed by atoms with van der Waals surface area (Å²) in [6.07, 6.45) is 3.03. The average molecular weight is 323 g/mol. The fourth-order valence-corrected chi connectivity index (χ4v) is 3.24. The van der Waals surface area contributed by atoms with Crippen molar-refractivity contribution in [3.63, 3.8) is 0 Å². The third kappa shape index (κ3) is 4.35. The van der Waals surface area contributed by atoms with Gasteiger partial charge in [-0.1, -0.05) is 17.8 Å². The highest BCUT2D eigenvalue weighted by Gasteiger charge is 2.14. The van der Waals surface area contributed by atoms with Crippen LogP contribution in [0.15, 0.2) is 28.7 Å². The molecule has 1 unspecified atom stereocenters. The van der Waals surface area contributed by atoms with E-state index >= 15 is 0 Å². The van der Waals surface area contributed by atoms with Gasteiger partial charge in [-0.2, -0.15) is 0 Å². The van der Waals surface area contributed by atoms with E-state index in [-0.39, 0.29) is 0 Å². The molecule has 6 heteroatoms. The van der Waals surface area contributed by atoms with E-state index in [1.807, 2.05) is 12.3 Å². The van der Waals surface area contributed by atoms with Gasteiger partial charge in [-0.05, 0) is 31.5 Å². The third-order valence-corrected chi connectivity index (χ3v) is 4.78. The topological polar surface area (TPSA) is 41.0 Å². The second-order valence-electron chi connectivity index (χ2n) is 4.87. The fourth-order valence-electron chi connectivity index (χ4n) is 2.04. The van der Waals surface area contributed by atoms with Gasteiger partial charge in [0.2, 0.25) is 0 Å². The molecule has 0 spiro atoms. The Morgan fingerprint density at radius 3 is 2.86 bits per heavy atom. The number of anilines is 2. The minimum Gasteiger partial charge on any atom is -0.370 e. The molecule has 21 heavy (non-hydrogen) atoms. The van der Waals surface area contributed by atoms with Crippen LogP contribution in [0, 0.1) is 0 Å². The largest absolute Gasteiger partial charge is 0.370 e. The van der Waals surface area contributed by atoms with Crippen molar-refractivity contribution in [2.24, 2.45) is 0 Å². The zero-order valence-corrected chi connectivity index (χ0v) is 14.6. The Balaban J connectivity index is 2.16. The summed E-state index contributed by atoms with van der Waals surface area (Å²) in [7, 11) is 2.10. The van der Waals surface area contributed by atoms with Crippen molar-refractivity contribution in [3.05, 3.63) is 28.5 Å². The zero-order chi connectivity index (χ0) is 15.2. The lowest BCUT2D eigenvalue weighted by Gasteiger charge is -2.26. The Bertz CT molecular complexity index is 557. The van der Waals surface area contributed by atoms with E-state index < -0.39 is 0 Å². The average Bonchev–Trinajstić information content (AvgIpc) is 2.99. The van der Waals surface area contributed by atoms with Crippen molar-refractivity contribution in [1.29, 1.82) is 0 Å². The molecule has 0 saturated heterocycles. The Labute approximate surface area is 135 Å². The molecule has 1 N–H and O–H groups in total. The molecule has 2 heterocycles. The molecule has 2 aromatic heterocycles. The summed E-state index contributed by atoms with van der Waals surface area (Å²) in [6.45, 7) is 5.16. The molecule has 0 bridgehead atoms. The van der Waals surface area contributed by atoms with E-state index in [9.17, 15) is 0 Å². The highest BCUT2D eigenvalue weighted by Crippen LogP contribution is 2.22. The molecule has 2 aromatic rings. The van der Waals surface area contributed by atoms with E-state index in [0.717, 1.165) is 29.8 Å². The molecule has 0 aliphatic heterocycles. The van der Waals surface area contributed by atoms with Crippen LogP contribution in [0.25, 0.3) is 0 Å². The molecule has 2 rings (SSSR count). The summed E-state index contributed by atoms with van der Waals surface area (Å²) >= 11 is 3.38. The molecule has 1 atom stereocenters. The Hall–Kier alpha value is -1.27. The van der Waals surface area contributed by atoms with E-state index in [0.29, 0.717) is 6.04 Å². The number of hydrogen-bond donors (Lipinski definition) is 1. The lowest BCUT2D eigenvalue weighted by molar-refractivity contribution is 0.675. The highest BCUT2D eigenvalue weighted by molar-refractivity contribution is 7.98. The molecule has 0 aromatic carbocycles. The number of thiophene rings is 1. The Morgan fingerprint density at radius 1 is 1.43 bits per heavy atom. The number of aromatic nitrogens is 2. The molecular formula is C15H22N4S2. The molecule has 114 valence electrons. The van der Waals surface area contributed by atoms with Crippen LogP contribution >= 0.6 is 23.1 Å². The monoisotopic (exact) mass is 322 g/mol. The van der Waals surface area contributed by atoms with E-state index in [1.54, 1.807) is 23.1 Å². The summed E-state index contributed by atoms with van der Waals surface area (Å²) in [6, 6.07) is 6.70. The maximum atomic E-state index is 4.63. The number of nitrogens with zero attached hydrogens (tertiary/aromatic N) is 3. The maximum Gasteiger partial charge on any atom is 0.191 e. The van der Waals surface area contributed by atoms with Crippen LogP contribution in [0.5, 0.6) is 0 Å². The lowest BCUT2D eigenvalue weighted by atomic mass is 10.2. The van der Waals surface area contributed by atoms with E-state index in [2.05, 4.69) is 58.6 Å². The second kappa shape index (κ2) is 7.66. The summed E-state index contributed by atoms with van der Waals surface area (Å²) < 4.78 is 0. The van der Waals surface area contributed by atoms with Gasteiger partial charge < -0.3 is 10.2 Å². The van der Waals surface area contributed by atoms with Crippen molar-refractivity contribution in [3.8, 4) is 0 Å². The Morgan fingerprint density at radius 2 is 2.24 bits per heavy atom. The van der Waals surface area contributed by atoms with Gasteiger partial charge in [0.15, 0.2) is 5.16 Å². The first-order valence-corrected chi connectivity index (χ1v) is 9.16. The summed E-state index contributed by atoms with van der Waals surface area (Å²) in [5.74, 6) is 1.86. The molecule has 4 nitrogen and oxygen atoms in total. The highest BCUT2D eigenvalue weighted by atomic mass is 32.2. The van der Waals surface area contributed by atoms with Gasteiger partial charge in [-0.3, -0.25) is 0 Å².